The van der Waals surface area contributed by atoms with E-state index in [4.69, 9.17) is 14.5 Å². The molecule has 0 saturated carbocycles. The highest BCUT2D eigenvalue weighted by atomic mass is 79.9. The van der Waals surface area contributed by atoms with Gasteiger partial charge in [0.1, 0.15) is 0 Å². The maximum absolute atomic E-state index is 12.7. The summed E-state index contributed by atoms with van der Waals surface area (Å²) in [5.41, 5.74) is 2.82. The van der Waals surface area contributed by atoms with E-state index in [1.165, 1.54) is 0 Å². The summed E-state index contributed by atoms with van der Waals surface area (Å²) in [6, 6.07) is 5.77. The van der Waals surface area contributed by atoms with Crippen molar-refractivity contribution < 1.29 is 19.1 Å². The Morgan fingerprint density at radius 1 is 1.08 bits per heavy atom. The van der Waals surface area contributed by atoms with E-state index < -0.39 is 0 Å². The number of rotatable bonds is 8. The van der Waals surface area contributed by atoms with Crippen LogP contribution in [0.4, 0.5) is 0 Å². The number of carbonyl (C=O) groups is 2. The summed E-state index contributed by atoms with van der Waals surface area (Å²) in [6.45, 7) is 6.23. The van der Waals surface area contributed by atoms with Crippen molar-refractivity contribution in [1.82, 2.24) is 4.98 Å². The molecule has 0 spiro atoms. The van der Waals surface area contributed by atoms with Crippen LogP contribution in [0.1, 0.15) is 55.2 Å². The third kappa shape index (κ3) is 4.81. The Balaban J connectivity index is 2.63. The quantitative estimate of drug-likeness (QED) is 0.581. The molecule has 0 aliphatic rings. The second-order valence-electron chi connectivity index (χ2n) is 5.85. The lowest BCUT2D eigenvalue weighted by molar-refractivity contribution is -0.143. The van der Waals surface area contributed by atoms with Crippen molar-refractivity contribution >= 4 is 38.8 Å². The smallest absolute Gasteiger partial charge is 0.340 e. The second kappa shape index (κ2) is 9.67. The van der Waals surface area contributed by atoms with Crippen LogP contribution in [0.2, 0.25) is 0 Å². The lowest BCUT2D eigenvalue weighted by Crippen LogP contribution is -2.15. The van der Waals surface area contributed by atoms with Crippen LogP contribution in [0.3, 0.4) is 0 Å². The summed E-state index contributed by atoms with van der Waals surface area (Å²) < 4.78 is 11.2. The summed E-state index contributed by atoms with van der Waals surface area (Å²) in [5, 5.41) is 0.853. The lowest BCUT2D eigenvalue weighted by atomic mass is 9.95. The van der Waals surface area contributed by atoms with E-state index in [2.05, 4.69) is 15.9 Å². The number of ether oxygens (including phenoxy) is 2. The van der Waals surface area contributed by atoms with Gasteiger partial charge in [0.15, 0.2) is 0 Å². The second-order valence-corrected chi connectivity index (χ2v) is 6.76. The molecule has 0 unspecified atom stereocenters. The Labute approximate surface area is 162 Å². The van der Waals surface area contributed by atoms with Crippen LogP contribution in [0, 0.1) is 0 Å². The van der Waals surface area contributed by atoms with E-state index in [9.17, 15) is 9.59 Å². The molecule has 140 valence electrons. The van der Waals surface area contributed by atoms with Crippen LogP contribution >= 0.6 is 15.9 Å². The molecule has 0 N–H and O–H groups in total. The van der Waals surface area contributed by atoms with E-state index in [1.54, 1.807) is 13.8 Å². The summed E-state index contributed by atoms with van der Waals surface area (Å²) >= 11 is 3.48. The van der Waals surface area contributed by atoms with Gasteiger partial charge in [-0.3, -0.25) is 9.78 Å². The first-order valence-corrected chi connectivity index (χ1v) is 9.74. The van der Waals surface area contributed by atoms with Crippen LogP contribution in [-0.4, -0.2) is 30.1 Å². The maximum atomic E-state index is 12.7. The number of hydrogen-bond acceptors (Lipinski definition) is 5. The molecule has 0 atom stereocenters. The molecule has 5 nitrogen and oxygen atoms in total. The van der Waals surface area contributed by atoms with Crippen LogP contribution in [-0.2, 0) is 27.1 Å². The molecule has 0 fully saturated rings. The molecule has 2 rings (SSSR count). The van der Waals surface area contributed by atoms with Gasteiger partial charge in [-0.1, -0.05) is 29.3 Å². The van der Waals surface area contributed by atoms with Gasteiger partial charge >= 0.3 is 11.9 Å². The van der Waals surface area contributed by atoms with Crippen molar-refractivity contribution in [3.8, 4) is 0 Å². The van der Waals surface area contributed by atoms with E-state index in [0.29, 0.717) is 25.0 Å². The molecule has 2 aromatic rings. The first kappa shape index (κ1) is 20.4. The number of benzene rings is 1. The first-order chi connectivity index (χ1) is 12.5. The molecule has 6 heteroatoms. The third-order valence-electron chi connectivity index (χ3n) is 3.98. The standard InChI is InChI=1S/C20H24BrNO4/c1-4-7-17-19(20(24)26-6-3)14(9-11-18(23)25-5-2)15-12-13(21)8-10-16(15)22-17/h8,10,12H,4-7,9,11H2,1-3H3. The molecule has 0 aliphatic carbocycles. The fraction of sp³-hybridized carbons (Fsp3) is 0.450. The van der Waals surface area contributed by atoms with E-state index >= 15 is 0 Å². The minimum atomic E-state index is -0.385. The van der Waals surface area contributed by atoms with Gasteiger partial charge in [-0.25, -0.2) is 4.79 Å². The van der Waals surface area contributed by atoms with E-state index in [1.807, 2.05) is 25.1 Å². The molecule has 0 radical (unpaired) electrons. The predicted molar refractivity (Wildman–Crippen MR) is 104 cm³/mol. The Kier molecular flexibility index (Phi) is 7.57. The summed E-state index contributed by atoms with van der Waals surface area (Å²) in [4.78, 5) is 29.2. The van der Waals surface area contributed by atoms with Crippen molar-refractivity contribution in [2.45, 2.75) is 46.5 Å². The van der Waals surface area contributed by atoms with Crippen LogP contribution in [0.15, 0.2) is 22.7 Å². The van der Waals surface area contributed by atoms with Crippen molar-refractivity contribution in [2.24, 2.45) is 0 Å². The average Bonchev–Trinajstić information content (AvgIpc) is 2.60. The van der Waals surface area contributed by atoms with Crippen molar-refractivity contribution in [2.75, 3.05) is 13.2 Å². The van der Waals surface area contributed by atoms with Crippen molar-refractivity contribution in [3.05, 3.63) is 39.5 Å². The summed E-state index contributed by atoms with van der Waals surface area (Å²) in [6.07, 6.45) is 2.14. The monoisotopic (exact) mass is 421 g/mol. The number of hydrogen-bond donors (Lipinski definition) is 0. The fourth-order valence-electron chi connectivity index (χ4n) is 2.94. The van der Waals surface area contributed by atoms with Gasteiger partial charge in [-0.2, -0.15) is 0 Å². The highest BCUT2D eigenvalue weighted by Gasteiger charge is 2.22. The highest BCUT2D eigenvalue weighted by Crippen LogP contribution is 2.29. The van der Waals surface area contributed by atoms with Crippen LogP contribution < -0.4 is 0 Å². The molecule has 1 aromatic heterocycles. The Hall–Kier alpha value is -1.95. The zero-order valence-electron chi connectivity index (χ0n) is 15.4. The van der Waals surface area contributed by atoms with Gasteiger partial charge in [0, 0.05) is 16.3 Å². The van der Waals surface area contributed by atoms with E-state index in [0.717, 1.165) is 33.1 Å². The highest BCUT2D eigenvalue weighted by molar-refractivity contribution is 9.10. The van der Waals surface area contributed by atoms with Gasteiger partial charge < -0.3 is 9.47 Å². The van der Waals surface area contributed by atoms with Crippen LogP contribution in [0.5, 0.6) is 0 Å². The molecule has 0 amide bonds. The molecule has 0 aliphatic heterocycles. The topological polar surface area (TPSA) is 65.5 Å². The van der Waals surface area contributed by atoms with Crippen molar-refractivity contribution in [1.29, 1.82) is 0 Å². The van der Waals surface area contributed by atoms with Gasteiger partial charge in [-0.15, -0.1) is 0 Å². The Morgan fingerprint density at radius 3 is 2.46 bits per heavy atom. The summed E-state index contributed by atoms with van der Waals surface area (Å²) in [7, 11) is 0. The minimum Gasteiger partial charge on any atom is -0.466 e. The summed E-state index contributed by atoms with van der Waals surface area (Å²) in [5.74, 6) is -0.663. The zero-order valence-corrected chi connectivity index (χ0v) is 17.0. The van der Waals surface area contributed by atoms with Gasteiger partial charge in [0.25, 0.3) is 0 Å². The van der Waals surface area contributed by atoms with Crippen LogP contribution in [0.25, 0.3) is 10.9 Å². The molecule has 0 saturated heterocycles. The van der Waals surface area contributed by atoms with Gasteiger partial charge in [0.05, 0.1) is 30.0 Å². The maximum Gasteiger partial charge on any atom is 0.340 e. The number of fused-ring (bicyclic) bond motifs is 1. The van der Waals surface area contributed by atoms with E-state index in [-0.39, 0.29) is 25.0 Å². The first-order valence-electron chi connectivity index (χ1n) is 8.95. The molecular weight excluding hydrogens is 398 g/mol. The molecular formula is C20H24BrNO4. The number of carbonyl (C=O) groups excluding carboxylic acids is 2. The Bertz CT molecular complexity index is 804. The number of pyridine rings is 1. The normalized spacial score (nSPS) is 10.8. The number of aromatic nitrogens is 1. The fourth-order valence-corrected chi connectivity index (χ4v) is 3.30. The molecule has 1 heterocycles. The van der Waals surface area contributed by atoms with Gasteiger partial charge in [-0.05, 0) is 50.5 Å². The average molecular weight is 422 g/mol. The zero-order chi connectivity index (χ0) is 19.1. The minimum absolute atomic E-state index is 0.206. The number of nitrogens with zero attached hydrogens (tertiary/aromatic N) is 1. The third-order valence-corrected chi connectivity index (χ3v) is 4.47. The number of halogens is 1. The lowest BCUT2D eigenvalue weighted by Gasteiger charge is -2.16. The van der Waals surface area contributed by atoms with Crippen molar-refractivity contribution in [3.63, 3.8) is 0 Å². The molecule has 1 aromatic carbocycles. The molecule has 26 heavy (non-hydrogen) atoms. The number of esters is 2. The number of aryl methyl sites for hydroxylation is 2. The van der Waals surface area contributed by atoms with Gasteiger partial charge in [0.2, 0.25) is 0 Å². The predicted octanol–water partition coefficient (Wildman–Crippen LogP) is 4.62. The largest absolute Gasteiger partial charge is 0.466 e. The molecule has 0 bridgehead atoms. The Morgan fingerprint density at radius 2 is 1.81 bits per heavy atom. The SMILES string of the molecule is CCCc1nc2ccc(Br)cc2c(CCC(=O)OCC)c1C(=O)OCC.